The van der Waals surface area contributed by atoms with Crippen LogP contribution in [0, 0.1) is 13.8 Å². The van der Waals surface area contributed by atoms with Crippen LogP contribution in [0.5, 0.6) is 0 Å². The minimum Gasteiger partial charge on any atom is -0.0514 e. The normalized spacial score (nSPS) is 10.5. The summed E-state index contributed by atoms with van der Waals surface area (Å²) >= 11 is 7.07. The first kappa shape index (κ1) is 11.9. The molecule has 0 nitrogen and oxygen atoms in total. The van der Waals surface area contributed by atoms with Crippen LogP contribution in [0.3, 0.4) is 0 Å². The number of aryl methyl sites for hydroxylation is 2. The molecule has 0 fully saturated rings. The summed E-state index contributed by atoms with van der Waals surface area (Å²) in [5, 5.41) is 0. The number of benzene rings is 2. The molecule has 2 heteroatoms. The second-order valence-corrected chi connectivity index (χ2v) is 5.87. The van der Waals surface area contributed by atoms with E-state index in [1.807, 2.05) is 0 Å². The van der Waals surface area contributed by atoms with Crippen LogP contribution < -0.4 is 0 Å². The van der Waals surface area contributed by atoms with E-state index in [2.05, 4.69) is 82.1 Å². The number of hydrogen-bond acceptors (Lipinski definition) is 0. The smallest absolute Gasteiger partial charge is 0.0184 e. The fourth-order valence-corrected chi connectivity index (χ4v) is 3.02. The van der Waals surface area contributed by atoms with Crippen molar-refractivity contribution in [3.63, 3.8) is 0 Å². The van der Waals surface area contributed by atoms with Gasteiger partial charge in [-0.25, -0.2) is 0 Å². The molecule has 0 aromatic heterocycles. The quantitative estimate of drug-likeness (QED) is 0.644. The number of rotatable bonds is 1. The van der Waals surface area contributed by atoms with E-state index >= 15 is 0 Å². The van der Waals surface area contributed by atoms with E-state index in [1.165, 1.54) is 22.3 Å². The fraction of sp³-hybridized carbons (Fsp3) is 0.143. The second kappa shape index (κ2) is 4.72. The zero-order chi connectivity index (χ0) is 11.7. The lowest BCUT2D eigenvalue weighted by Gasteiger charge is -2.06. The predicted octanol–water partition coefficient (Wildman–Crippen LogP) is 5.50. The number of hydrogen-bond donors (Lipinski definition) is 0. The topological polar surface area (TPSA) is 0 Å². The summed E-state index contributed by atoms with van der Waals surface area (Å²) < 4.78 is 2.25. The van der Waals surface area contributed by atoms with Crippen LogP contribution >= 0.6 is 31.9 Å². The minimum absolute atomic E-state index is 1.13. The molecule has 2 rings (SSSR count). The third kappa shape index (κ3) is 2.74. The monoisotopic (exact) mass is 338 g/mol. The Morgan fingerprint density at radius 3 is 1.31 bits per heavy atom. The van der Waals surface area contributed by atoms with E-state index in [1.54, 1.807) is 0 Å². The van der Waals surface area contributed by atoms with Crippen molar-refractivity contribution < 1.29 is 0 Å². The highest BCUT2D eigenvalue weighted by atomic mass is 79.9. The van der Waals surface area contributed by atoms with Crippen LogP contribution in [0.4, 0.5) is 0 Å². The Balaban J connectivity index is 2.57. The highest BCUT2D eigenvalue weighted by molar-refractivity contribution is 9.10. The Kier molecular flexibility index (Phi) is 3.50. The van der Waals surface area contributed by atoms with Crippen LogP contribution in [0.15, 0.2) is 45.3 Å². The zero-order valence-corrected chi connectivity index (χ0v) is 12.4. The second-order valence-electron chi connectivity index (χ2n) is 4.03. The first-order valence-corrected chi connectivity index (χ1v) is 6.68. The van der Waals surface area contributed by atoms with Gasteiger partial charge in [0.1, 0.15) is 0 Å². The summed E-state index contributed by atoms with van der Waals surface area (Å²) in [6, 6.07) is 12.9. The van der Waals surface area contributed by atoms with Gasteiger partial charge >= 0.3 is 0 Å². The van der Waals surface area contributed by atoms with Crippen molar-refractivity contribution in [2.45, 2.75) is 13.8 Å². The molecular weight excluding hydrogens is 328 g/mol. The average Bonchev–Trinajstić information content (AvgIpc) is 2.14. The predicted molar refractivity (Wildman–Crippen MR) is 76.8 cm³/mol. The van der Waals surface area contributed by atoms with Crippen LogP contribution in [0.25, 0.3) is 11.1 Å². The molecule has 0 aliphatic rings. The maximum atomic E-state index is 3.54. The Bertz CT molecular complexity index is 440. The van der Waals surface area contributed by atoms with Gasteiger partial charge in [-0.05, 0) is 60.4 Å². The summed E-state index contributed by atoms with van der Waals surface area (Å²) in [7, 11) is 0. The molecule has 0 radical (unpaired) electrons. The lowest BCUT2D eigenvalue weighted by molar-refractivity contribution is 1.42. The molecule has 0 saturated carbocycles. The van der Waals surface area contributed by atoms with Crippen LogP contribution in [0.2, 0.25) is 0 Å². The first-order chi connectivity index (χ1) is 7.54. The average molecular weight is 340 g/mol. The molecule has 82 valence electrons. The maximum absolute atomic E-state index is 3.54. The van der Waals surface area contributed by atoms with Gasteiger partial charge in [0.25, 0.3) is 0 Å². The summed E-state index contributed by atoms with van der Waals surface area (Å²) in [5.74, 6) is 0. The molecule has 0 unspecified atom stereocenters. The molecule has 0 saturated heterocycles. The molecule has 0 aliphatic heterocycles. The van der Waals surface area contributed by atoms with Gasteiger partial charge in [-0.3, -0.25) is 0 Å². The van der Waals surface area contributed by atoms with E-state index in [0.717, 1.165) is 8.95 Å². The standard InChI is InChI=1S/C14H12Br2/c1-9-3-11(7-13(15)5-9)12-4-10(2)6-14(16)8-12/h3-8H,1-2H3. The molecule has 2 aromatic rings. The van der Waals surface area contributed by atoms with Crippen molar-refractivity contribution in [3.05, 3.63) is 56.5 Å². The minimum atomic E-state index is 1.13. The van der Waals surface area contributed by atoms with E-state index in [9.17, 15) is 0 Å². The summed E-state index contributed by atoms with van der Waals surface area (Å²) in [5.41, 5.74) is 5.02. The molecule has 16 heavy (non-hydrogen) atoms. The van der Waals surface area contributed by atoms with Crippen molar-refractivity contribution in [2.75, 3.05) is 0 Å². The summed E-state index contributed by atoms with van der Waals surface area (Å²) in [6.45, 7) is 4.22. The van der Waals surface area contributed by atoms with Gasteiger partial charge < -0.3 is 0 Å². The molecule has 0 spiro atoms. The molecule has 0 bridgehead atoms. The molecule has 0 amide bonds. The van der Waals surface area contributed by atoms with Crippen molar-refractivity contribution >= 4 is 31.9 Å². The Morgan fingerprint density at radius 2 is 1.00 bits per heavy atom. The van der Waals surface area contributed by atoms with Crippen LogP contribution in [-0.2, 0) is 0 Å². The van der Waals surface area contributed by atoms with Gasteiger partial charge in [-0.1, -0.05) is 44.0 Å². The van der Waals surface area contributed by atoms with Gasteiger partial charge in [-0.2, -0.15) is 0 Å². The molecule has 0 atom stereocenters. The number of halogens is 2. The maximum Gasteiger partial charge on any atom is 0.0184 e. The van der Waals surface area contributed by atoms with E-state index in [0.29, 0.717) is 0 Å². The lowest BCUT2D eigenvalue weighted by atomic mass is 10.0. The van der Waals surface area contributed by atoms with Crippen molar-refractivity contribution in [1.82, 2.24) is 0 Å². The molecule has 2 aromatic carbocycles. The van der Waals surface area contributed by atoms with E-state index in [4.69, 9.17) is 0 Å². The Labute approximate surface area is 113 Å². The molecular formula is C14H12Br2. The van der Waals surface area contributed by atoms with Crippen molar-refractivity contribution in [3.8, 4) is 11.1 Å². The fourth-order valence-electron chi connectivity index (χ4n) is 1.81. The third-order valence-corrected chi connectivity index (χ3v) is 3.33. The van der Waals surface area contributed by atoms with Gasteiger partial charge in [0.2, 0.25) is 0 Å². The van der Waals surface area contributed by atoms with Crippen LogP contribution in [-0.4, -0.2) is 0 Å². The van der Waals surface area contributed by atoms with Gasteiger partial charge in [0.15, 0.2) is 0 Å². The van der Waals surface area contributed by atoms with Crippen molar-refractivity contribution in [1.29, 1.82) is 0 Å². The van der Waals surface area contributed by atoms with Gasteiger partial charge in [0, 0.05) is 8.95 Å². The SMILES string of the molecule is Cc1cc(Br)cc(-c2cc(C)cc(Br)c2)c1. The Hall–Kier alpha value is -0.600. The van der Waals surface area contributed by atoms with Gasteiger partial charge in [-0.15, -0.1) is 0 Å². The Morgan fingerprint density at radius 1 is 0.625 bits per heavy atom. The lowest BCUT2D eigenvalue weighted by Crippen LogP contribution is -1.83. The largest absolute Gasteiger partial charge is 0.0514 e. The summed E-state index contributed by atoms with van der Waals surface area (Å²) in [4.78, 5) is 0. The highest BCUT2D eigenvalue weighted by Gasteiger charge is 2.02. The van der Waals surface area contributed by atoms with E-state index in [-0.39, 0.29) is 0 Å². The molecule has 0 aliphatic carbocycles. The van der Waals surface area contributed by atoms with Gasteiger partial charge in [0.05, 0.1) is 0 Å². The first-order valence-electron chi connectivity index (χ1n) is 5.09. The summed E-state index contributed by atoms with van der Waals surface area (Å²) in [6.07, 6.45) is 0. The highest BCUT2D eigenvalue weighted by Crippen LogP contribution is 2.28. The zero-order valence-electron chi connectivity index (χ0n) is 9.22. The van der Waals surface area contributed by atoms with Crippen molar-refractivity contribution in [2.24, 2.45) is 0 Å². The van der Waals surface area contributed by atoms with Crippen LogP contribution in [0.1, 0.15) is 11.1 Å². The molecule has 0 heterocycles. The van der Waals surface area contributed by atoms with E-state index < -0.39 is 0 Å². The third-order valence-electron chi connectivity index (χ3n) is 2.42. The molecule has 0 N–H and O–H groups in total.